The molecule has 1 unspecified atom stereocenters. The lowest BCUT2D eigenvalue weighted by atomic mass is 10.0. The summed E-state index contributed by atoms with van der Waals surface area (Å²) >= 11 is 3.40. The first-order valence-electron chi connectivity index (χ1n) is 7.06. The van der Waals surface area contributed by atoms with Crippen LogP contribution in [-0.2, 0) is 0 Å². The van der Waals surface area contributed by atoms with Crippen LogP contribution in [0, 0.1) is 6.92 Å². The highest BCUT2D eigenvalue weighted by Crippen LogP contribution is 2.45. The molecule has 0 spiro atoms. The van der Waals surface area contributed by atoms with Gasteiger partial charge in [-0.2, -0.15) is 0 Å². The summed E-state index contributed by atoms with van der Waals surface area (Å²) in [6, 6.07) is 6.55. The van der Waals surface area contributed by atoms with E-state index in [1.165, 1.54) is 21.2 Å². The van der Waals surface area contributed by atoms with Crippen molar-refractivity contribution in [3.63, 3.8) is 0 Å². The number of thiophene rings is 1. The maximum absolute atomic E-state index is 10.2. The van der Waals surface area contributed by atoms with Gasteiger partial charge in [0.15, 0.2) is 5.17 Å². The minimum absolute atomic E-state index is 0.465. The van der Waals surface area contributed by atoms with Gasteiger partial charge in [-0.15, -0.1) is 11.3 Å². The summed E-state index contributed by atoms with van der Waals surface area (Å²) in [7, 11) is 0. The Morgan fingerprint density at radius 3 is 3.00 bits per heavy atom. The average Bonchev–Trinajstić information content (AvgIpc) is 3.13. The first kappa shape index (κ1) is 13.4. The van der Waals surface area contributed by atoms with E-state index in [2.05, 4.69) is 40.4 Å². The molecule has 3 heterocycles. The number of rotatable bonds is 2. The molecule has 108 valence electrons. The fourth-order valence-corrected chi connectivity index (χ4v) is 5.00. The lowest BCUT2D eigenvalue weighted by Gasteiger charge is -2.19. The normalized spacial score (nSPS) is 19.4. The number of hydrogen-bond donors (Lipinski definition) is 1. The summed E-state index contributed by atoms with van der Waals surface area (Å²) in [4.78, 5) is 7.82. The van der Waals surface area contributed by atoms with Crippen molar-refractivity contribution in [3.8, 4) is 0 Å². The Kier molecular flexibility index (Phi) is 3.10. The van der Waals surface area contributed by atoms with Crippen LogP contribution in [0.15, 0.2) is 33.5 Å². The molecule has 0 radical (unpaired) electrons. The number of benzene rings is 1. The topological polar surface area (TPSA) is 35.8 Å². The Balaban J connectivity index is 1.97. The minimum Gasteiger partial charge on any atom is -0.388 e. The van der Waals surface area contributed by atoms with E-state index in [1.807, 2.05) is 6.92 Å². The highest BCUT2D eigenvalue weighted by molar-refractivity contribution is 8.17. The zero-order chi connectivity index (χ0) is 14.6. The van der Waals surface area contributed by atoms with Crippen LogP contribution < -0.4 is 0 Å². The molecule has 0 amide bonds. The largest absolute Gasteiger partial charge is 0.388 e. The van der Waals surface area contributed by atoms with E-state index < -0.39 is 6.10 Å². The van der Waals surface area contributed by atoms with Crippen LogP contribution in [0.25, 0.3) is 15.8 Å². The number of aliphatic hydroxyl groups is 1. The first-order valence-corrected chi connectivity index (χ1v) is 8.75. The standard InChI is InChI=1S/C16H16N2OS2/c1-9-3-4-11(12-5-8-20-14(9)12)13-15(10(2)19)21-16-17-6-7-18(13)16/h3-5,8,10,19H,6-7H2,1-2H3. The van der Waals surface area contributed by atoms with Gasteiger partial charge in [0.1, 0.15) is 0 Å². The maximum Gasteiger partial charge on any atom is 0.168 e. The second kappa shape index (κ2) is 4.87. The summed E-state index contributed by atoms with van der Waals surface area (Å²) in [6.07, 6.45) is -0.465. The number of aliphatic hydroxyl groups excluding tert-OH is 1. The van der Waals surface area contributed by atoms with E-state index in [1.54, 1.807) is 23.1 Å². The van der Waals surface area contributed by atoms with E-state index in [0.717, 1.165) is 28.9 Å². The van der Waals surface area contributed by atoms with Crippen molar-refractivity contribution >= 4 is 44.0 Å². The molecule has 1 atom stereocenters. The van der Waals surface area contributed by atoms with Crippen LogP contribution >= 0.6 is 23.1 Å². The summed E-state index contributed by atoms with van der Waals surface area (Å²) in [5.74, 6) is 0. The van der Waals surface area contributed by atoms with Gasteiger partial charge in [0.05, 0.1) is 18.3 Å². The van der Waals surface area contributed by atoms with Gasteiger partial charge >= 0.3 is 0 Å². The van der Waals surface area contributed by atoms with E-state index in [0.29, 0.717) is 0 Å². The molecule has 1 aromatic carbocycles. The molecule has 0 saturated heterocycles. The van der Waals surface area contributed by atoms with Crippen molar-refractivity contribution in [1.82, 2.24) is 4.90 Å². The lowest BCUT2D eigenvalue weighted by molar-refractivity contribution is 0.240. The third-order valence-corrected chi connectivity index (χ3v) is 6.29. The molecular weight excluding hydrogens is 300 g/mol. The zero-order valence-corrected chi connectivity index (χ0v) is 13.6. The number of fused-ring (bicyclic) bond motifs is 2. The Hall–Kier alpha value is -1.30. The summed E-state index contributed by atoms with van der Waals surface area (Å²) < 4.78 is 1.33. The maximum atomic E-state index is 10.2. The van der Waals surface area contributed by atoms with Crippen molar-refractivity contribution < 1.29 is 5.11 Å². The fraction of sp³-hybridized carbons (Fsp3) is 0.312. The van der Waals surface area contributed by atoms with Crippen molar-refractivity contribution in [2.45, 2.75) is 20.0 Å². The Morgan fingerprint density at radius 2 is 2.19 bits per heavy atom. The molecule has 1 N–H and O–H groups in total. The van der Waals surface area contributed by atoms with Gasteiger partial charge in [-0.1, -0.05) is 23.9 Å². The van der Waals surface area contributed by atoms with Gasteiger partial charge in [0.2, 0.25) is 0 Å². The number of aliphatic imine (C=N–C) groups is 1. The number of nitrogens with zero attached hydrogens (tertiary/aromatic N) is 2. The van der Waals surface area contributed by atoms with Crippen molar-refractivity contribution in [2.75, 3.05) is 13.1 Å². The van der Waals surface area contributed by atoms with Gasteiger partial charge in [0, 0.05) is 27.1 Å². The molecule has 2 aliphatic rings. The average molecular weight is 316 g/mol. The number of amidine groups is 1. The molecule has 0 saturated carbocycles. The smallest absolute Gasteiger partial charge is 0.168 e. The van der Waals surface area contributed by atoms with Crippen molar-refractivity contribution in [1.29, 1.82) is 0 Å². The molecule has 5 heteroatoms. The minimum atomic E-state index is -0.465. The van der Waals surface area contributed by atoms with Gasteiger partial charge < -0.3 is 10.0 Å². The van der Waals surface area contributed by atoms with Crippen molar-refractivity contribution in [2.24, 2.45) is 4.99 Å². The summed E-state index contributed by atoms with van der Waals surface area (Å²) in [5, 5.41) is 14.6. The Labute approximate surface area is 132 Å². The van der Waals surface area contributed by atoms with Crippen LogP contribution in [0.4, 0.5) is 0 Å². The van der Waals surface area contributed by atoms with Crippen molar-refractivity contribution in [3.05, 3.63) is 39.6 Å². The van der Waals surface area contributed by atoms with Gasteiger partial charge in [-0.3, -0.25) is 4.99 Å². The van der Waals surface area contributed by atoms with E-state index in [-0.39, 0.29) is 0 Å². The molecule has 0 aliphatic carbocycles. The first-order chi connectivity index (χ1) is 10.2. The summed E-state index contributed by atoms with van der Waals surface area (Å²) in [5.41, 5.74) is 3.67. The van der Waals surface area contributed by atoms with E-state index >= 15 is 0 Å². The van der Waals surface area contributed by atoms with Crippen LogP contribution in [0.1, 0.15) is 18.1 Å². The van der Waals surface area contributed by atoms with E-state index in [4.69, 9.17) is 0 Å². The number of aryl methyl sites for hydroxylation is 1. The summed E-state index contributed by atoms with van der Waals surface area (Å²) in [6.45, 7) is 5.74. The monoisotopic (exact) mass is 316 g/mol. The fourth-order valence-electron chi connectivity index (χ4n) is 2.97. The highest BCUT2D eigenvalue weighted by Gasteiger charge is 2.35. The second-order valence-corrected chi connectivity index (χ2v) is 7.33. The molecule has 0 fully saturated rings. The predicted molar refractivity (Wildman–Crippen MR) is 91.8 cm³/mol. The predicted octanol–water partition coefficient (Wildman–Crippen LogP) is 3.68. The zero-order valence-electron chi connectivity index (χ0n) is 12.0. The van der Waals surface area contributed by atoms with Crippen LogP contribution in [0.5, 0.6) is 0 Å². The van der Waals surface area contributed by atoms with Crippen LogP contribution in [0.2, 0.25) is 0 Å². The number of thioether (sulfide) groups is 1. The van der Waals surface area contributed by atoms with Gasteiger partial charge in [-0.05, 0) is 30.9 Å². The molecule has 0 bridgehead atoms. The molecule has 1 aromatic heterocycles. The quantitative estimate of drug-likeness (QED) is 0.918. The Bertz CT molecular complexity index is 789. The second-order valence-electron chi connectivity index (χ2n) is 5.40. The molecule has 21 heavy (non-hydrogen) atoms. The van der Waals surface area contributed by atoms with Gasteiger partial charge in [-0.25, -0.2) is 0 Å². The number of hydrogen-bond acceptors (Lipinski definition) is 5. The Morgan fingerprint density at radius 1 is 1.33 bits per heavy atom. The van der Waals surface area contributed by atoms with E-state index in [9.17, 15) is 5.11 Å². The lowest BCUT2D eigenvalue weighted by Crippen LogP contribution is -2.20. The molecule has 2 aliphatic heterocycles. The molecule has 4 rings (SSSR count). The van der Waals surface area contributed by atoms with Crippen LogP contribution in [-0.4, -0.2) is 34.4 Å². The molecule has 2 aromatic rings. The molecule has 3 nitrogen and oxygen atoms in total. The SMILES string of the molecule is Cc1ccc(C2=C(C(C)O)SC3=NCCN32)c2ccsc12. The van der Waals surface area contributed by atoms with Crippen LogP contribution in [0.3, 0.4) is 0 Å². The highest BCUT2D eigenvalue weighted by atomic mass is 32.2. The third-order valence-electron chi connectivity index (χ3n) is 3.95. The van der Waals surface area contributed by atoms with Gasteiger partial charge in [0.25, 0.3) is 0 Å². The molecular formula is C16H16N2OS2. The third kappa shape index (κ3) is 1.95.